The molecular weight excluding hydrogens is 467 g/mol. The van der Waals surface area contributed by atoms with E-state index in [0.717, 1.165) is 16.7 Å². The Kier molecular flexibility index (Phi) is 8.57. The first-order chi connectivity index (χ1) is 15.4. The van der Waals surface area contributed by atoms with Crippen molar-refractivity contribution in [2.45, 2.75) is 32.5 Å². The van der Waals surface area contributed by atoms with Gasteiger partial charge in [-0.2, -0.15) is 0 Å². The van der Waals surface area contributed by atoms with Crippen LogP contribution in [0.2, 0.25) is 15.1 Å². The summed E-state index contributed by atoms with van der Waals surface area (Å²) in [5.74, 6) is -0.425. The minimum atomic E-state index is -0.801. The number of halogens is 3. The van der Waals surface area contributed by atoms with E-state index in [-0.39, 0.29) is 31.3 Å². The van der Waals surface area contributed by atoms with E-state index in [9.17, 15) is 9.59 Å². The number of carbonyl (C=O) groups excluding carboxylic acids is 2. The second-order valence-corrected chi connectivity index (χ2v) is 8.55. The van der Waals surface area contributed by atoms with Crippen LogP contribution in [0.3, 0.4) is 0 Å². The predicted molar refractivity (Wildman–Crippen MR) is 130 cm³/mol. The zero-order valence-electron chi connectivity index (χ0n) is 17.5. The van der Waals surface area contributed by atoms with Crippen LogP contribution < -0.4 is 5.32 Å². The molecule has 0 unspecified atom stereocenters. The average molecular weight is 490 g/mol. The lowest BCUT2D eigenvalue weighted by atomic mass is 10.0. The maximum absolute atomic E-state index is 13.4. The van der Waals surface area contributed by atoms with Gasteiger partial charge in [0.2, 0.25) is 11.8 Å². The topological polar surface area (TPSA) is 49.4 Å². The summed E-state index contributed by atoms with van der Waals surface area (Å²) in [6.45, 7) is 2.27. The summed E-state index contributed by atoms with van der Waals surface area (Å²) in [5.41, 5.74) is 2.34. The molecule has 0 fully saturated rings. The Hall–Kier alpha value is -2.53. The number of hydrogen-bond acceptors (Lipinski definition) is 2. The lowest BCUT2D eigenvalue weighted by Gasteiger charge is -2.31. The van der Waals surface area contributed by atoms with Crippen molar-refractivity contribution in [3.05, 3.63) is 105 Å². The van der Waals surface area contributed by atoms with Gasteiger partial charge >= 0.3 is 0 Å². The SMILES string of the molecule is CCC(=O)N(Cc1ccc(Cl)cc1)[C@H](C(=O)NCc1ccc(Cl)cc1Cl)c1ccccc1. The van der Waals surface area contributed by atoms with Crippen molar-refractivity contribution in [3.8, 4) is 0 Å². The standard InChI is InChI=1S/C25H23Cl3N2O2/c1-2-23(31)30(16-17-8-11-20(26)12-9-17)24(18-6-4-3-5-7-18)25(32)29-15-19-10-13-21(27)14-22(19)28/h3-14,24H,2,15-16H2,1H3,(H,29,32)/t24-/m0/s1. The van der Waals surface area contributed by atoms with Gasteiger partial charge in [0.15, 0.2) is 0 Å². The number of nitrogens with zero attached hydrogens (tertiary/aromatic N) is 1. The van der Waals surface area contributed by atoms with Gasteiger partial charge in [0.1, 0.15) is 6.04 Å². The van der Waals surface area contributed by atoms with Crippen LogP contribution in [0, 0.1) is 0 Å². The van der Waals surface area contributed by atoms with Crippen molar-refractivity contribution in [2.75, 3.05) is 0 Å². The van der Waals surface area contributed by atoms with Crippen molar-refractivity contribution in [1.82, 2.24) is 10.2 Å². The van der Waals surface area contributed by atoms with Gasteiger partial charge in [0.25, 0.3) is 0 Å². The number of benzene rings is 3. The van der Waals surface area contributed by atoms with E-state index < -0.39 is 6.04 Å². The van der Waals surface area contributed by atoms with E-state index in [0.29, 0.717) is 15.1 Å². The minimum absolute atomic E-state index is 0.131. The molecule has 1 atom stereocenters. The van der Waals surface area contributed by atoms with Crippen molar-refractivity contribution >= 4 is 46.6 Å². The molecule has 0 aliphatic heterocycles. The summed E-state index contributed by atoms with van der Waals surface area (Å²) < 4.78 is 0. The molecule has 0 aliphatic rings. The Morgan fingerprint density at radius 3 is 2.19 bits per heavy atom. The normalized spacial score (nSPS) is 11.6. The highest BCUT2D eigenvalue weighted by atomic mass is 35.5. The molecular formula is C25H23Cl3N2O2. The Balaban J connectivity index is 1.90. The summed E-state index contributed by atoms with van der Waals surface area (Å²) in [6.07, 6.45) is 0.271. The van der Waals surface area contributed by atoms with Gasteiger partial charge in [0.05, 0.1) is 0 Å². The van der Waals surface area contributed by atoms with Crippen LogP contribution in [0.4, 0.5) is 0 Å². The summed E-state index contributed by atoms with van der Waals surface area (Å²) >= 11 is 18.2. The molecule has 3 rings (SSSR count). The van der Waals surface area contributed by atoms with E-state index >= 15 is 0 Å². The molecule has 0 bridgehead atoms. The average Bonchev–Trinajstić information content (AvgIpc) is 2.79. The molecule has 7 heteroatoms. The Morgan fingerprint density at radius 1 is 0.906 bits per heavy atom. The fraction of sp³-hybridized carbons (Fsp3) is 0.200. The first-order valence-corrected chi connectivity index (χ1v) is 11.3. The molecule has 0 spiro atoms. The third-order valence-electron chi connectivity index (χ3n) is 5.03. The van der Waals surface area contributed by atoms with Crippen molar-refractivity contribution in [1.29, 1.82) is 0 Å². The van der Waals surface area contributed by atoms with Gasteiger partial charge in [0, 0.05) is 34.6 Å². The van der Waals surface area contributed by atoms with E-state index in [1.54, 1.807) is 42.2 Å². The fourth-order valence-electron chi connectivity index (χ4n) is 3.37. The molecule has 0 aliphatic carbocycles. The molecule has 3 aromatic carbocycles. The third kappa shape index (κ3) is 6.26. The van der Waals surface area contributed by atoms with Crippen LogP contribution in [0.15, 0.2) is 72.8 Å². The highest BCUT2D eigenvalue weighted by Gasteiger charge is 2.30. The van der Waals surface area contributed by atoms with Crippen LogP contribution >= 0.6 is 34.8 Å². The van der Waals surface area contributed by atoms with E-state index in [1.807, 2.05) is 42.5 Å². The summed E-state index contributed by atoms with van der Waals surface area (Å²) in [7, 11) is 0. The van der Waals surface area contributed by atoms with Crippen LogP contribution in [0.1, 0.15) is 36.1 Å². The highest BCUT2D eigenvalue weighted by molar-refractivity contribution is 6.35. The maximum Gasteiger partial charge on any atom is 0.247 e. The van der Waals surface area contributed by atoms with Crippen LogP contribution in [0.5, 0.6) is 0 Å². The molecule has 3 aromatic rings. The number of rotatable bonds is 8. The Labute approximate surface area is 203 Å². The van der Waals surface area contributed by atoms with Gasteiger partial charge < -0.3 is 10.2 Å². The maximum atomic E-state index is 13.4. The second kappa shape index (κ2) is 11.4. The molecule has 4 nitrogen and oxygen atoms in total. The first-order valence-electron chi connectivity index (χ1n) is 10.2. The number of carbonyl (C=O) groups is 2. The van der Waals surface area contributed by atoms with Crippen molar-refractivity contribution in [2.24, 2.45) is 0 Å². The van der Waals surface area contributed by atoms with Gasteiger partial charge in [-0.25, -0.2) is 0 Å². The number of nitrogens with one attached hydrogen (secondary N) is 1. The second-order valence-electron chi connectivity index (χ2n) is 7.27. The molecule has 0 heterocycles. The van der Waals surface area contributed by atoms with Crippen LogP contribution in [-0.2, 0) is 22.7 Å². The molecule has 166 valence electrons. The largest absolute Gasteiger partial charge is 0.350 e. The zero-order chi connectivity index (χ0) is 23.1. The summed E-state index contributed by atoms with van der Waals surface area (Å²) in [6, 6.07) is 20.8. The molecule has 0 radical (unpaired) electrons. The highest BCUT2D eigenvalue weighted by Crippen LogP contribution is 2.26. The molecule has 0 aromatic heterocycles. The van der Waals surface area contributed by atoms with Gasteiger partial charge in [-0.1, -0.05) is 90.3 Å². The quantitative estimate of drug-likeness (QED) is 0.396. The molecule has 1 N–H and O–H groups in total. The lowest BCUT2D eigenvalue weighted by Crippen LogP contribution is -2.43. The molecule has 32 heavy (non-hydrogen) atoms. The summed E-state index contributed by atoms with van der Waals surface area (Å²) in [5, 5.41) is 4.53. The van der Waals surface area contributed by atoms with E-state index in [4.69, 9.17) is 34.8 Å². The van der Waals surface area contributed by atoms with E-state index in [2.05, 4.69) is 5.32 Å². The van der Waals surface area contributed by atoms with Crippen molar-refractivity contribution in [3.63, 3.8) is 0 Å². The smallest absolute Gasteiger partial charge is 0.247 e. The zero-order valence-corrected chi connectivity index (χ0v) is 19.8. The third-order valence-corrected chi connectivity index (χ3v) is 5.87. The fourth-order valence-corrected chi connectivity index (χ4v) is 3.97. The summed E-state index contributed by atoms with van der Waals surface area (Å²) in [4.78, 5) is 28.0. The van der Waals surface area contributed by atoms with Gasteiger partial charge in [-0.05, 0) is 41.0 Å². The van der Waals surface area contributed by atoms with Crippen LogP contribution in [0.25, 0.3) is 0 Å². The van der Waals surface area contributed by atoms with Gasteiger partial charge in [-0.15, -0.1) is 0 Å². The van der Waals surface area contributed by atoms with Crippen LogP contribution in [-0.4, -0.2) is 16.7 Å². The Bertz CT molecular complexity index is 1070. The predicted octanol–water partition coefficient (Wildman–Crippen LogP) is 6.44. The van der Waals surface area contributed by atoms with Crippen molar-refractivity contribution < 1.29 is 9.59 Å². The monoisotopic (exact) mass is 488 g/mol. The Morgan fingerprint density at radius 2 is 1.56 bits per heavy atom. The molecule has 2 amide bonds. The first kappa shape index (κ1) is 24.1. The van der Waals surface area contributed by atoms with Gasteiger partial charge in [-0.3, -0.25) is 9.59 Å². The minimum Gasteiger partial charge on any atom is -0.350 e. The lowest BCUT2D eigenvalue weighted by molar-refractivity contribution is -0.141. The molecule has 0 saturated carbocycles. The number of amides is 2. The number of hydrogen-bond donors (Lipinski definition) is 1. The van der Waals surface area contributed by atoms with E-state index in [1.165, 1.54) is 0 Å². The molecule has 0 saturated heterocycles.